The monoisotopic (exact) mass is 578 g/mol. The van der Waals surface area contributed by atoms with Crippen molar-refractivity contribution >= 4 is 28.9 Å². The van der Waals surface area contributed by atoms with Crippen molar-refractivity contribution < 1.29 is 9.90 Å². The number of aliphatic hydroxyl groups is 1. The average molecular weight is 579 g/mol. The van der Waals surface area contributed by atoms with Crippen molar-refractivity contribution in [3.8, 4) is 0 Å². The fraction of sp³-hybridized carbons (Fsp3) is 0.656. The van der Waals surface area contributed by atoms with Crippen LogP contribution in [-0.2, 0) is 6.42 Å². The summed E-state index contributed by atoms with van der Waals surface area (Å²) in [5.74, 6) is 0.435. The first-order valence-corrected chi connectivity index (χ1v) is 15.9. The number of piperazine rings is 1. The van der Waals surface area contributed by atoms with Gasteiger partial charge in [0.25, 0.3) is 5.91 Å². The SMILES string of the molecule is CCc1nc(C(N)=O)c(Nc2ccc(N3CCC(N4CCN(C)CC4)CC3)c(C)c2)nc1NC1CCC(O)(CC)CC1. The Hall–Kier alpha value is -2.95. The third-order valence-electron chi connectivity index (χ3n) is 9.77. The number of hydrogen-bond acceptors (Lipinski definition) is 9. The highest BCUT2D eigenvalue weighted by Gasteiger charge is 2.32. The first kappa shape index (κ1) is 30.5. The molecule has 1 aromatic heterocycles. The number of primary amides is 1. The Bertz CT molecular complexity index is 1230. The van der Waals surface area contributed by atoms with E-state index >= 15 is 0 Å². The standard InChI is InChI=1S/C32H50N8O2/c1-5-26-30(34-23-9-13-32(42,6-2)14-10-23)37-31(28(36-26)29(33)41)35-24-7-8-27(22(3)21-24)40-15-11-25(12-16-40)39-19-17-38(4)18-20-39/h7-8,21,23,25,42H,5-6,9-20H2,1-4H3,(H2,33,41)(H2,34,35,37). The molecule has 0 spiro atoms. The number of nitrogens with two attached hydrogens (primary N) is 1. The van der Waals surface area contributed by atoms with Gasteiger partial charge in [-0.25, -0.2) is 9.97 Å². The number of anilines is 4. The van der Waals surface area contributed by atoms with Crippen molar-refractivity contribution in [1.82, 2.24) is 19.8 Å². The van der Waals surface area contributed by atoms with E-state index in [-0.39, 0.29) is 11.7 Å². The minimum Gasteiger partial charge on any atom is -0.390 e. The van der Waals surface area contributed by atoms with Crippen molar-refractivity contribution in [1.29, 1.82) is 0 Å². The topological polar surface area (TPSA) is 123 Å². The molecule has 1 aromatic carbocycles. The molecule has 230 valence electrons. The van der Waals surface area contributed by atoms with Gasteiger partial charge in [0, 0.05) is 62.7 Å². The van der Waals surface area contributed by atoms with Crippen molar-refractivity contribution in [2.45, 2.75) is 89.8 Å². The van der Waals surface area contributed by atoms with Crippen molar-refractivity contribution in [2.24, 2.45) is 5.73 Å². The summed E-state index contributed by atoms with van der Waals surface area (Å²) in [6.45, 7) is 13.0. The summed E-state index contributed by atoms with van der Waals surface area (Å²) >= 11 is 0. The number of carbonyl (C=O) groups is 1. The van der Waals surface area contributed by atoms with E-state index in [1.165, 1.54) is 37.2 Å². The van der Waals surface area contributed by atoms with Crippen molar-refractivity contribution in [3.63, 3.8) is 0 Å². The van der Waals surface area contributed by atoms with Crippen LogP contribution in [0.5, 0.6) is 0 Å². The highest BCUT2D eigenvalue weighted by Crippen LogP contribution is 2.34. The normalized spacial score (nSPS) is 24.5. The van der Waals surface area contributed by atoms with Crippen LogP contribution in [0, 0.1) is 6.92 Å². The van der Waals surface area contributed by atoms with Gasteiger partial charge in [0.05, 0.1) is 11.3 Å². The molecule has 2 aromatic rings. The largest absolute Gasteiger partial charge is 0.390 e. The Balaban J connectivity index is 1.27. The first-order chi connectivity index (χ1) is 20.2. The van der Waals surface area contributed by atoms with E-state index in [0.717, 1.165) is 69.7 Å². The zero-order valence-electron chi connectivity index (χ0n) is 26.0. The number of aryl methyl sites for hydroxylation is 2. The third kappa shape index (κ3) is 6.98. The van der Waals surface area contributed by atoms with Gasteiger partial charge in [-0.05, 0) is 89.1 Å². The minimum atomic E-state index is -0.603. The van der Waals surface area contributed by atoms with Crippen LogP contribution in [0.25, 0.3) is 0 Å². The van der Waals surface area contributed by atoms with Gasteiger partial charge in [-0.2, -0.15) is 0 Å². The predicted octanol–water partition coefficient (Wildman–Crippen LogP) is 3.90. The fourth-order valence-electron chi connectivity index (χ4n) is 6.82. The molecule has 0 unspecified atom stereocenters. The zero-order chi connectivity index (χ0) is 29.9. The van der Waals surface area contributed by atoms with E-state index in [1.54, 1.807) is 0 Å². The molecule has 1 aliphatic carbocycles. The molecule has 10 heteroatoms. The molecule has 3 aliphatic rings. The van der Waals surface area contributed by atoms with Crippen LogP contribution in [0.15, 0.2) is 18.2 Å². The van der Waals surface area contributed by atoms with Crippen molar-refractivity contribution in [2.75, 3.05) is 61.8 Å². The number of piperidine rings is 1. The summed E-state index contributed by atoms with van der Waals surface area (Å²) in [5.41, 5.74) is 9.34. The second-order valence-corrected chi connectivity index (χ2v) is 12.6. The van der Waals surface area contributed by atoms with Gasteiger partial charge in [-0.15, -0.1) is 0 Å². The molecule has 0 atom stereocenters. The molecule has 2 saturated heterocycles. The van der Waals surface area contributed by atoms with E-state index in [9.17, 15) is 9.90 Å². The summed E-state index contributed by atoms with van der Waals surface area (Å²) < 4.78 is 0. The molecule has 5 rings (SSSR count). The maximum atomic E-state index is 12.4. The first-order valence-electron chi connectivity index (χ1n) is 15.9. The van der Waals surface area contributed by atoms with Gasteiger partial charge in [-0.1, -0.05) is 13.8 Å². The van der Waals surface area contributed by atoms with Crippen LogP contribution < -0.4 is 21.3 Å². The minimum absolute atomic E-state index is 0.147. The number of nitrogens with one attached hydrogen (secondary N) is 2. The molecular weight excluding hydrogens is 528 g/mol. The number of hydrogen-bond donors (Lipinski definition) is 4. The van der Waals surface area contributed by atoms with Gasteiger partial charge < -0.3 is 31.3 Å². The highest BCUT2D eigenvalue weighted by molar-refractivity contribution is 5.96. The number of nitrogens with zero attached hydrogens (tertiary/aromatic N) is 5. The van der Waals surface area contributed by atoms with Crippen LogP contribution >= 0.6 is 0 Å². The number of carbonyl (C=O) groups excluding carboxylic acids is 1. The van der Waals surface area contributed by atoms with Crippen molar-refractivity contribution in [3.05, 3.63) is 35.2 Å². The van der Waals surface area contributed by atoms with Crippen LogP contribution in [0.4, 0.5) is 23.0 Å². The van der Waals surface area contributed by atoms with Gasteiger partial charge >= 0.3 is 0 Å². The van der Waals surface area contributed by atoms with E-state index in [2.05, 4.69) is 62.5 Å². The lowest BCUT2D eigenvalue weighted by molar-refractivity contribution is -0.00196. The molecule has 42 heavy (non-hydrogen) atoms. The number of likely N-dealkylation sites (N-methyl/N-ethyl adjacent to an activating group) is 1. The molecule has 2 aliphatic heterocycles. The summed E-state index contributed by atoms with van der Waals surface area (Å²) in [5, 5.41) is 17.5. The molecule has 1 amide bonds. The summed E-state index contributed by atoms with van der Waals surface area (Å²) in [6.07, 6.45) is 7.04. The fourth-order valence-corrected chi connectivity index (χ4v) is 6.82. The average Bonchev–Trinajstić information content (AvgIpc) is 2.99. The molecular formula is C32H50N8O2. The molecule has 0 radical (unpaired) electrons. The lowest BCUT2D eigenvalue weighted by atomic mass is 9.80. The molecule has 3 heterocycles. The van der Waals surface area contributed by atoms with E-state index in [4.69, 9.17) is 10.7 Å². The van der Waals surface area contributed by atoms with Crippen LogP contribution in [0.2, 0.25) is 0 Å². The van der Waals surface area contributed by atoms with Gasteiger partial charge in [0.2, 0.25) is 0 Å². The Morgan fingerprint density at radius 2 is 1.71 bits per heavy atom. The Morgan fingerprint density at radius 3 is 2.31 bits per heavy atom. The lowest BCUT2D eigenvalue weighted by Gasteiger charge is -2.43. The Labute approximate surface area is 251 Å². The second-order valence-electron chi connectivity index (χ2n) is 12.6. The molecule has 3 fully saturated rings. The number of aromatic nitrogens is 2. The summed E-state index contributed by atoms with van der Waals surface area (Å²) in [6, 6.07) is 7.21. The van der Waals surface area contributed by atoms with E-state index < -0.39 is 11.5 Å². The summed E-state index contributed by atoms with van der Waals surface area (Å²) in [4.78, 5) is 29.5. The van der Waals surface area contributed by atoms with Crippen LogP contribution in [-0.4, -0.2) is 94.8 Å². The van der Waals surface area contributed by atoms with E-state index in [1.807, 2.05) is 13.8 Å². The number of rotatable bonds is 9. The lowest BCUT2D eigenvalue weighted by Crippen LogP contribution is -2.52. The third-order valence-corrected chi connectivity index (χ3v) is 9.77. The molecule has 1 saturated carbocycles. The Kier molecular flexibility index (Phi) is 9.54. The molecule has 5 N–H and O–H groups in total. The highest BCUT2D eigenvalue weighted by atomic mass is 16.3. The number of benzene rings is 1. The smallest absolute Gasteiger partial charge is 0.271 e. The van der Waals surface area contributed by atoms with Crippen LogP contribution in [0.1, 0.15) is 80.5 Å². The van der Waals surface area contributed by atoms with Crippen LogP contribution in [0.3, 0.4) is 0 Å². The van der Waals surface area contributed by atoms with Gasteiger partial charge in [0.1, 0.15) is 5.82 Å². The maximum absolute atomic E-state index is 12.4. The number of amides is 1. The maximum Gasteiger partial charge on any atom is 0.271 e. The molecule has 0 bridgehead atoms. The van der Waals surface area contributed by atoms with Gasteiger partial charge in [-0.3, -0.25) is 9.69 Å². The molecule has 10 nitrogen and oxygen atoms in total. The zero-order valence-corrected chi connectivity index (χ0v) is 26.0. The van der Waals surface area contributed by atoms with E-state index in [0.29, 0.717) is 24.1 Å². The predicted molar refractivity (Wildman–Crippen MR) is 170 cm³/mol. The summed E-state index contributed by atoms with van der Waals surface area (Å²) in [7, 11) is 2.21. The quantitative estimate of drug-likeness (QED) is 0.351. The second kappa shape index (κ2) is 13.1. The Morgan fingerprint density at radius 1 is 1.02 bits per heavy atom. The van der Waals surface area contributed by atoms with Gasteiger partial charge in [0.15, 0.2) is 11.5 Å².